The fraction of sp³-hybridized carbons (Fsp3) is 0.750. The molecule has 0 bridgehead atoms. The highest BCUT2D eigenvalue weighted by Gasteiger charge is 2.16. The van der Waals surface area contributed by atoms with Crippen LogP contribution in [0.3, 0.4) is 0 Å². The van der Waals surface area contributed by atoms with Crippen LogP contribution in [0.1, 0.15) is 32.6 Å². The summed E-state index contributed by atoms with van der Waals surface area (Å²) in [6.45, 7) is 11.1. The van der Waals surface area contributed by atoms with Crippen LogP contribution in [-0.4, -0.2) is 35.3 Å². The number of aliphatic hydroxyl groups excluding tert-OH is 1. The average molecular weight is 257 g/mol. The molecule has 0 aromatic carbocycles. The lowest BCUT2D eigenvalue weighted by molar-refractivity contribution is 0.187. The van der Waals surface area contributed by atoms with Crippen molar-refractivity contribution in [2.45, 2.75) is 39.8 Å². The smallest absolute Gasteiger partial charge is 0.185 e. The lowest BCUT2D eigenvalue weighted by Gasteiger charge is -2.22. The SMILES string of the molecule is CCN(CC)c1ncc(CNC(C)(C)CO)s1. The quantitative estimate of drug-likeness (QED) is 0.782. The third kappa shape index (κ3) is 4.26. The summed E-state index contributed by atoms with van der Waals surface area (Å²) in [5.41, 5.74) is -0.237. The molecule has 0 atom stereocenters. The third-order valence-electron chi connectivity index (χ3n) is 2.71. The predicted octanol–water partition coefficient (Wildman–Crippen LogP) is 1.85. The average Bonchev–Trinajstić information content (AvgIpc) is 2.77. The van der Waals surface area contributed by atoms with E-state index in [4.69, 9.17) is 5.11 Å². The standard InChI is InChI=1S/C12H23N3OS/c1-5-15(6-2)11-13-7-10(17-11)8-14-12(3,4)9-16/h7,14,16H,5-6,8-9H2,1-4H3. The zero-order chi connectivity index (χ0) is 12.9. The van der Waals surface area contributed by atoms with Crippen molar-refractivity contribution in [1.82, 2.24) is 10.3 Å². The van der Waals surface area contributed by atoms with Gasteiger partial charge in [-0.25, -0.2) is 4.98 Å². The Hall–Kier alpha value is -0.650. The third-order valence-corrected chi connectivity index (χ3v) is 3.77. The van der Waals surface area contributed by atoms with E-state index in [1.165, 1.54) is 4.88 Å². The van der Waals surface area contributed by atoms with Crippen LogP contribution in [0.15, 0.2) is 6.20 Å². The number of hydrogen-bond donors (Lipinski definition) is 2. The van der Waals surface area contributed by atoms with Gasteiger partial charge in [0.15, 0.2) is 5.13 Å². The van der Waals surface area contributed by atoms with Crippen molar-refractivity contribution < 1.29 is 5.11 Å². The van der Waals surface area contributed by atoms with Crippen molar-refractivity contribution in [3.05, 3.63) is 11.1 Å². The first-order chi connectivity index (χ1) is 8.02. The van der Waals surface area contributed by atoms with Gasteiger partial charge in [-0.15, -0.1) is 11.3 Å². The number of nitrogens with zero attached hydrogens (tertiary/aromatic N) is 2. The second kappa shape index (κ2) is 6.33. The Morgan fingerprint density at radius 3 is 2.59 bits per heavy atom. The lowest BCUT2D eigenvalue weighted by atomic mass is 10.1. The van der Waals surface area contributed by atoms with Crippen LogP contribution in [0.5, 0.6) is 0 Å². The molecule has 2 N–H and O–H groups in total. The summed E-state index contributed by atoms with van der Waals surface area (Å²) in [6.07, 6.45) is 1.92. The van der Waals surface area contributed by atoms with Gasteiger partial charge in [-0.1, -0.05) is 0 Å². The lowest BCUT2D eigenvalue weighted by Crippen LogP contribution is -2.41. The predicted molar refractivity (Wildman–Crippen MR) is 73.7 cm³/mol. The Kier molecular flexibility index (Phi) is 5.36. The first kappa shape index (κ1) is 14.4. The van der Waals surface area contributed by atoms with Crippen LogP contribution in [0, 0.1) is 0 Å². The molecule has 1 aromatic rings. The van der Waals surface area contributed by atoms with Crippen molar-refractivity contribution in [2.75, 3.05) is 24.6 Å². The fourth-order valence-corrected chi connectivity index (χ4v) is 2.38. The summed E-state index contributed by atoms with van der Waals surface area (Å²) in [4.78, 5) is 7.87. The molecule has 1 aromatic heterocycles. The molecule has 0 saturated carbocycles. The van der Waals surface area contributed by atoms with Crippen LogP contribution in [0.4, 0.5) is 5.13 Å². The molecule has 17 heavy (non-hydrogen) atoms. The molecule has 0 fully saturated rings. The zero-order valence-electron chi connectivity index (χ0n) is 11.2. The minimum absolute atomic E-state index is 0.134. The molecule has 0 aliphatic heterocycles. The minimum Gasteiger partial charge on any atom is -0.394 e. The van der Waals surface area contributed by atoms with Crippen molar-refractivity contribution in [2.24, 2.45) is 0 Å². The Labute approximate surface area is 108 Å². The maximum absolute atomic E-state index is 9.16. The monoisotopic (exact) mass is 257 g/mol. The number of thiazole rings is 1. The van der Waals surface area contributed by atoms with Crippen molar-refractivity contribution in [1.29, 1.82) is 0 Å². The molecular formula is C12H23N3OS. The fourth-order valence-electron chi connectivity index (χ4n) is 1.40. The Morgan fingerprint density at radius 2 is 2.06 bits per heavy atom. The van der Waals surface area contributed by atoms with Gasteiger partial charge >= 0.3 is 0 Å². The molecule has 0 aliphatic carbocycles. The van der Waals surface area contributed by atoms with E-state index in [2.05, 4.69) is 29.0 Å². The van der Waals surface area contributed by atoms with Gasteiger partial charge in [-0.3, -0.25) is 0 Å². The number of aromatic nitrogens is 1. The van der Waals surface area contributed by atoms with Crippen LogP contribution in [-0.2, 0) is 6.54 Å². The summed E-state index contributed by atoms with van der Waals surface area (Å²) in [5.74, 6) is 0. The number of hydrogen-bond acceptors (Lipinski definition) is 5. The second-order valence-electron chi connectivity index (χ2n) is 4.68. The van der Waals surface area contributed by atoms with Crippen LogP contribution in [0.25, 0.3) is 0 Å². The number of nitrogens with one attached hydrogen (secondary N) is 1. The summed E-state index contributed by atoms with van der Waals surface area (Å²) in [6, 6.07) is 0. The summed E-state index contributed by atoms with van der Waals surface area (Å²) < 4.78 is 0. The molecule has 0 radical (unpaired) electrons. The van der Waals surface area contributed by atoms with Gasteiger partial charge in [-0.05, 0) is 27.7 Å². The number of aliphatic hydroxyl groups is 1. The first-order valence-electron chi connectivity index (χ1n) is 6.08. The van der Waals surface area contributed by atoms with E-state index in [0.29, 0.717) is 0 Å². The van der Waals surface area contributed by atoms with Gasteiger partial charge in [0.2, 0.25) is 0 Å². The molecule has 0 saturated heterocycles. The molecular weight excluding hydrogens is 234 g/mol. The van der Waals surface area contributed by atoms with Crippen LogP contribution >= 0.6 is 11.3 Å². The summed E-state index contributed by atoms with van der Waals surface area (Å²) >= 11 is 1.71. The molecule has 0 amide bonds. The highest BCUT2D eigenvalue weighted by atomic mass is 32.1. The highest BCUT2D eigenvalue weighted by Crippen LogP contribution is 2.22. The molecule has 1 heterocycles. The van der Waals surface area contributed by atoms with E-state index < -0.39 is 0 Å². The van der Waals surface area contributed by atoms with Crippen LogP contribution in [0.2, 0.25) is 0 Å². The molecule has 5 heteroatoms. The number of rotatable bonds is 7. The molecule has 0 unspecified atom stereocenters. The molecule has 1 rings (SSSR count). The van der Waals surface area contributed by atoms with Crippen LogP contribution < -0.4 is 10.2 Å². The van der Waals surface area contributed by atoms with Gasteiger partial charge in [0.05, 0.1) is 6.61 Å². The second-order valence-corrected chi connectivity index (χ2v) is 5.77. The molecule has 4 nitrogen and oxygen atoms in total. The van der Waals surface area contributed by atoms with Gasteiger partial charge < -0.3 is 15.3 Å². The zero-order valence-corrected chi connectivity index (χ0v) is 12.0. The largest absolute Gasteiger partial charge is 0.394 e. The van der Waals surface area contributed by atoms with E-state index >= 15 is 0 Å². The maximum atomic E-state index is 9.16. The van der Waals surface area contributed by atoms with Crippen molar-refractivity contribution in [3.63, 3.8) is 0 Å². The molecule has 0 spiro atoms. The highest BCUT2D eigenvalue weighted by molar-refractivity contribution is 7.15. The Morgan fingerprint density at radius 1 is 1.41 bits per heavy atom. The van der Waals surface area contributed by atoms with E-state index in [1.807, 2.05) is 20.0 Å². The topological polar surface area (TPSA) is 48.4 Å². The van der Waals surface area contributed by atoms with E-state index in [1.54, 1.807) is 11.3 Å². The molecule has 98 valence electrons. The van der Waals surface area contributed by atoms with E-state index in [9.17, 15) is 0 Å². The molecule has 0 aliphatic rings. The summed E-state index contributed by atoms with van der Waals surface area (Å²) in [5, 5.41) is 13.6. The maximum Gasteiger partial charge on any atom is 0.185 e. The van der Waals surface area contributed by atoms with Gasteiger partial charge in [-0.2, -0.15) is 0 Å². The van der Waals surface area contributed by atoms with Gasteiger partial charge in [0.25, 0.3) is 0 Å². The Balaban J connectivity index is 2.57. The van der Waals surface area contributed by atoms with E-state index in [0.717, 1.165) is 24.8 Å². The van der Waals surface area contributed by atoms with Gasteiger partial charge in [0, 0.05) is 36.2 Å². The Bertz CT molecular complexity index is 334. The van der Waals surface area contributed by atoms with Crippen molar-refractivity contribution in [3.8, 4) is 0 Å². The number of anilines is 1. The first-order valence-corrected chi connectivity index (χ1v) is 6.89. The summed E-state index contributed by atoms with van der Waals surface area (Å²) in [7, 11) is 0. The minimum atomic E-state index is -0.237. The normalized spacial score (nSPS) is 11.8. The van der Waals surface area contributed by atoms with E-state index in [-0.39, 0.29) is 12.1 Å². The van der Waals surface area contributed by atoms with Crippen molar-refractivity contribution >= 4 is 16.5 Å². The van der Waals surface area contributed by atoms with Gasteiger partial charge in [0.1, 0.15) is 0 Å².